The van der Waals surface area contributed by atoms with Gasteiger partial charge in [0.1, 0.15) is 0 Å². The summed E-state index contributed by atoms with van der Waals surface area (Å²) in [5, 5.41) is 1.05. The van der Waals surface area contributed by atoms with Gasteiger partial charge in [-0.15, -0.1) is 0 Å². The molecule has 142 valence electrons. The third kappa shape index (κ3) is 4.89. The van der Waals surface area contributed by atoms with Crippen LogP contribution in [-0.2, 0) is 9.59 Å². The van der Waals surface area contributed by atoms with Crippen molar-refractivity contribution in [2.45, 2.75) is 58.9 Å². The van der Waals surface area contributed by atoms with Gasteiger partial charge in [-0.1, -0.05) is 68.3 Å². The SMILES string of the molecule is CCC(C)(C)C(=O)C(=O)N1CCCCC1CC=Cc1cccc(Cl)c1Cl. The van der Waals surface area contributed by atoms with Crippen LogP contribution in [0.15, 0.2) is 24.3 Å². The van der Waals surface area contributed by atoms with Crippen molar-refractivity contribution in [2.24, 2.45) is 5.41 Å². The number of benzene rings is 1. The van der Waals surface area contributed by atoms with Crippen molar-refractivity contribution < 1.29 is 9.59 Å². The molecule has 26 heavy (non-hydrogen) atoms. The maximum Gasteiger partial charge on any atom is 0.290 e. The minimum atomic E-state index is -0.608. The Hall–Kier alpha value is -1.32. The highest BCUT2D eigenvalue weighted by Gasteiger charge is 2.37. The Morgan fingerprint density at radius 3 is 2.69 bits per heavy atom. The first kappa shape index (κ1) is 21.0. The van der Waals surface area contributed by atoms with E-state index in [-0.39, 0.29) is 17.7 Å². The number of ketones is 1. The molecule has 1 saturated heterocycles. The van der Waals surface area contributed by atoms with E-state index in [2.05, 4.69) is 0 Å². The van der Waals surface area contributed by atoms with Crippen LogP contribution >= 0.6 is 23.2 Å². The van der Waals surface area contributed by atoms with Gasteiger partial charge in [0.15, 0.2) is 0 Å². The van der Waals surface area contributed by atoms with Gasteiger partial charge in [-0.05, 0) is 43.7 Å². The van der Waals surface area contributed by atoms with Gasteiger partial charge in [0.25, 0.3) is 5.91 Å². The van der Waals surface area contributed by atoms with Crippen LogP contribution in [0.1, 0.15) is 58.4 Å². The summed E-state index contributed by atoms with van der Waals surface area (Å²) in [6.07, 6.45) is 8.25. The second-order valence-electron chi connectivity index (χ2n) is 7.50. The molecule has 1 aromatic carbocycles. The fourth-order valence-electron chi connectivity index (χ4n) is 3.09. The first-order chi connectivity index (χ1) is 12.3. The van der Waals surface area contributed by atoms with Crippen LogP contribution in [0.5, 0.6) is 0 Å². The van der Waals surface area contributed by atoms with Gasteiger partial charge < -0.3 is 4.90 Å². The van der Waals surface area contributed by atoms with Crippen LogP contribution in [0.3, 0.4) is 0 Å². The number of rotatable bonds is 6. The number of hydrogen-bond acceptors (Lipinski definition) is 2. The lowest BCUT2D eigenvalue weighted by molar-refractivity contribution is -0.151. The van der Waals surface area contributed by atoms with E-state index < -0.39 is 5.41 Å². The summed E-state index contributed by atoms with van der Waals surface area (Å²) >= 11 is 12.3. The zero-order valence-corrected chi connectivity index (χ0v) is 17.2. The third-order valence-corrected chi connectivity index (χ3v) is 6.10. The van der Waals surface area contributed by atoms with Gasteiger partial charge in [-0.25, -0.2) is 0 Å². The Labute approximate surface area is 166 Å². The number of carbonyl (C=O) groups is 2. The molecule has 1 aliphatic rings. The van der Waals surface area contributed by atoms with E-state index in [4.69, 9.17) is 23.2 Å². The number of carbonyl (C=O) groups excluding carboxylic acids is 2. The van der Waals surface area contributed by atoms with Crippen molar-refractivity contribution in [1.82, 2.24) is 4.90 Å². The van der Waals surface area contributed by atoms with Gasteiger partial charge in [-0.2, -0.15) is 0 Å². The van der Waals surface area contributed by atoms with Crippen molar-refractivity contribution in [3.05, 3.63) is 39.9 Å². The molecule has 0 aromatic heterocycles. The molecule has 1 heterocycles. The Kier molecular flexibility index (Phi) is 7.31. The molecular formula is C21H27Cl2NO2. The second-order valence-corrected chi connectivity index (χ2v) is 8.28. The Morgan fingerprint density at radius 1 is 1.27 bits per heavy atom. The van der Waals surface area contributed by atoms with Crippen molar-refractivity contribution in [2.75, 3.05) is 6.54 Å². The molecule has 0 saturated carbocycles. The van der Waals surface area contributed by atoms with E-state index in [0.717, 1.165) is 24.8 Å². The van der Waals surface area contributed by atoms with Crippen LogP contribution in [0, 0.1) is 5.41 Å². The summed E-state index contributed by atoms with van der Waals surface area (Å²) < 4.78 is 0. The predicted octanol–water partition coefficient (Wildman–Crippen LogP) is 5.78. The van der Waals surface area contributed by atoms with Crippen LogP contribution in [-0.4, -0.2) is 29.2 Å². The summed E-state index contributed by atoms with van der Waals surface area (Å²) in [7, 11) is 0. The van der Waals surface area contributed by atoms with Crippen molar-refractivity contribution in [1.29, 1.82) is 0 Å². The molecule has 1 amide bonds. The Morgan fingerprint density at radius 2 is 2.00 bits per heavy atom. The third-order valence-electron chi connectivity index (χ3n) is 5.27. The molecular weight excluding hydrogens is 369 g/mol. The molecule has 0 N–H and O–H groups in total. The minimum absolute atomic E-state index is 0.0575. The number of hydrogen-bond donors (Lipinski definition) is 0. The molecule has 1 fully saturated rings. The maximum absolute atomic E-state index is 12.8. The molecule has 3 nitrogen and oxygen atoms in total. The molecule has 0 radical (unpaired) electrons. The summed E-state index contributed by atoms with van der Waals surface area (Å²) in [6, 6.07) is 5.57. The minimum Gasteiger partial charge on any atom is -0.333 e. The number of Topliss-reactive ketones (excluding diaryl/α,β-unsaturated/α-hetero) is 1. The quantitative estimate of drug-likeness (QED) is 0.572. The number of amides is 1. The molecule has 0 aliphatic carbocycles. The second kappa shape index (κ2) is 9.05. The molecule has 2 rings (SSSR count). The van der Waals surface area contributed by atoms with E-state index >= 15 is 0 Å². The van der Waals surface area contributed by atoms with E-state index in [9.17, 15) is 9.59 Å². The molecule has 1 aliphatic heterocycles. The molecule has 0 bridgehead atoms. The highest BCUT2D eigenvalue weighted by molar-refractivity contribution is 6.42. The van der Waals surface area contributed by atoms with E-state index in [1.165, 1.54) is 0 Å². The zero-order chi connectivity index (χ0) is 19.3. The highest BCUT2D eigenvalue weighted by Crippen LogP contribution is 2.28. The molecule has 1 aromatic rings. The fourth-order valence-corrected chi connectivity index (χ4v) is 3.47. The van der Waals surface area contributed by atoms with Crippen LogP contribution in [0.4, 0.5) is 0 Å². The van der Waals surface area contributed by atoms with Gasteiger partial charge >= 0.3 is 0 Å². The number of halogens is 2. The lowest BCUT2D eigenvalue weighted by Crippen LogP contribution is -2.49. The smallest absolute Gasteiger partial charge is 0.290 e. The van der Waals surface area contributed by atoms with E-state index in [1.54, 1.807) is 11.0 Å². The molecule has 0 spiro atoms. The van der Waals surface area contributed by atoms with Crippen molar-refractivity contribution >= 4 is 41.0 Å². The first-order valence-corrected chi connectivity index (χ1v) is 9.99. The van der Waals surface area contributed by atoms with Gasteiger partial charge in [0.05, 0.1) is 10.0 Å². The number of likely N-dealkylation sites (tertiary alicyclic amines) is 1. The van der Waals surface area contributed by atoms with Crippen molar-refractivity contribution in [3.63, 3.8) is 0 Å². The monoisotopic (exact) mass is 395 g/mol. The summed E-state index contributed by atoms with van der Waals surface area (Å²) in [6.45, 7) is 6.28. The van der Waals surface area contributed by atoms with Crippen LogP contribution < -0.4 is 0 Å². The summed E-state index contributed by atoms with van der Waals surface area (Å²) in [5.41, 5.74) is 0.250. The van der Waals surface area contributed by atoms with E-state index in [1.807, 2.05) is 45.1 Å². The molecule has 1 atom stereocenters. The normalized spacial score (nSPS) is 18.3. The van der Waals surface area contributed by atoms with E-state index in [0.29, 0.717) is 29.4 Å². The van der Waals surface area contributed by atoms with Gasteiger partial charge in [0, 0.05) is 18.0 Å². The van der Waals surface area contributed by atoms with Crippen molar-refractivity contribution in [3.8, 4) is 0 Å². The number of nitrogens with zero attached hydrogens (tertiary/aromatic N) is 1. The zero-order valence-electron chi connectivity index (χ0n) is 15.7. The number of piperidine rings is 1. The van der Waals surface area contributed by atoms with Crippen LogP contribution in [0.25, 0.3) is 6.08 Å². The lowest BCUT2D eigenvalue weighted by Gasteiger charge is -2.36. The summed E-state index contributed by atoms with van der Waals surface area (Å²) in [5.74, 6) is -0.621. The average molecular weight is 396 g/mol. The highest BCUT2D eigenvalue weighted by atomic mass is 35.5. The van der Waals surface area contributed by atoms with Gasteiger partial charge in [0.2, 0.25) is 5.78 Å². The summed E-state index contributed by atoms with van der Waals surface area (Å²) in [4.78, 5) is 27.1. The molecule has 5 heteroatoms. The predicted molar refractivity (Wildman–Crippen MR) is 109 cm³/mol. The largest absolute Gasteiger partial charge is 0.333 e. The maximum atomic E-state index is 12.8. The first-order valence-electron chi connectivity index (χ1n) is 9.24. The average Bonchev–Trinajstić information content (AvgIpc) is 2.64. The Bertz CT molecular complexity index is 697. The van der Waals surface area contributed by atoms with Gasteiger partial charge in [-0.3, -0.25) is 9.59 Å². The molecule has 1 unspecified atom stereocenters. The standard InChI is InChI=1S/C21H27Cl2NO2/c1-4-21(2,3)19(25)20(26)24-14-6-5-11-16(24)12-7-9-15-10-8-13-17(22)18(15)23/h7-10,13,16H,4-6,11-12,14H2,1-3H3. The lowest BCUT2D eigenvalue weighted by atomic mass is 9.84. The Balaban J connectivity index is 2.09. The topological polar surface area (TPSA) is 37.4 Å². The fraction of sp³-hybridized carbons (Fsp3) is 0.524. The van der Waals surface area contributed by atoms with Crippen LogP contribution in [0.2, 0.25) is 10.0 Å².